The summed E-state index contributed by atoms with van der Waals surface area (Å²) in [6, 6.07) is 16.1. The topological polar surface area (TPSA) is 69.3 Å². The number of aryl methyl sites for hydroxylation is 1. The van der Waals surface area contributed by atoms with Gasteiger partial charge < -0.3 is 14.5 Å². The predicted molar refractivity (Wildman–Crippen MR) is 125 cm³/mol. The number of carbonyl (C=O) groups excluding carboxylic acids is 1. The number of nitrogens with one attached hydrogen (secondary N) is 1. The smallest absolute Gasteiger partial charge is 0.292 e. The molecule has 0 saturated heterocycles. The van der Waals surface area contributed by atoms with Crippen molar-refractivity contribution in [3.63, 3.8) is 0 Å². The Morgan fingerprint density at radius 3 is 2.72 bits per heavy atom. The summed E-state index contributed by atoms with van der Waals surface area (Å²) in [7, 11) is 0. The van der Waals surface area contributed by atoms with Gasteiger partial charge in [-0.05, 0) is 54.4 Å². The van der Waals surface area contributed by atoms with Gasteiger partial charge in [-0.1, -0.05) is 53.0 Å². The molecule has 0 spiro atoms. The summed E-state index contributed by atoms with van der Waals surface area (Å²) in [5.41, 5.74) is 1.91. The summed E-state index contributed by atoms with van der Waals surface area (Å²) in [4.78, 5) is 12.6. The van der Waals surface area contributed by atoms with Crippen LogP contribution in [0.4, 0.5) is 5.82 Å². The van der Waals surface area contributed by atoms with E-state index in [1.54, 1.807) is 35.1 Å². The third kappa shape index (κ3) is 5.46. The zero-order valence-corrected chi connectivity index (χ0v) is 19.2. The largest absolute Gasteiger partial charge is 0.486 e. The molecule has 0 aliphatic carbocycles. The van der Waals surface area contributed by atoms with Crippen molar-refractivity contribution in [2.75, 3.05) is 5.32 Å². The normalized spacial score (nSPS) is 10.9. The quantitative estimate of drug-likeness (QED) is 0.316. The summed E-state index contributed by atoms with van der Waals surface area (Å²) >= 11 is 18.4. The fourth-order valence-corrected chi connectivity index (χ4v) is 3.66. The molecule has 4 rings (SSSR count). The van der Waals surface area contributed by atoms with Crippen molar-refractivity contribution in [3.05, 3.63) is 98.5 Å². The van der Waals surface area contributed by atoms with E-state index >= 15 is 0 Å². The number of carbonyl (C=O) groups is 1. The van der Waals surface area contributed by atoms with Gasteiger partial charge in [0, 0.05) is 16.2 Å². The van der Waals surface area contributed by atoms with Gasteiger partial charge in [-0.15, -0.1) is 0 Å². The van der Waals surface area contributed by atoms with Crippen LogP contribution in [0.5, 0.6) is 5.75 Å². The predicted octanol–water partition coefficient (Wildman–Crippen LogP) is 6.62. The lowest BCUT2D eigenvalue weighted by Crippen LogP contribution is -2.12. The highest BCUT2D eigenvalue weighted by atomic mass is 35.5. The van der Waals surface area contributed by atoms with E-state index in [4.69, 9.17) is 44.0 Å². The van der Waals surface area contributed by atoms with Gasteiger partial charge in [-0.3, -0.25) is 9.48 Å². The highest BCUT2D eigenvalue weighted by molar-refractivity contribution is 6.35. The maximum atomic E-state index is 12.6. The molecule has 9 heteroatoms. The van der Waals surface area contributed by atoms with Crippen molar-refractivity contribution in [2.45, 2.75) is 20.1 Å². The zero-order valence-electron chi connectivity index (χ0n) is 16.9. The SMILES string of the molecule is Cc1cccc(OCc2ccc(C(=O)Nc3nn(Cc4ccc(Cl)cc4Cl)cc3Cl)o2)c1. The van der Waals surface area contributed by atoms with E-state index in [0.717, 1.165) is 16.9 Å². The minimum absolute atomic E-state index is 0.124. The van der Waals surface area contributed by atoms with E-state index in [1.807, 2.05) is 37.3 Å². The second kappa shape index (κ2) is 9.69. The zero-order chi connectivity index (χ0) is 22.7. The van der Waals surface area contributed by atoms with Crippen molar-refractivity contribution >= 4 is 46.5 Å². The number of rotatable bonds is 7. The molecule has 0 radical (unpaired) electrons. The monoisotopic (exact) mass is 489 g/mol. The van der Waals surface area contributed by atoms with Crippen LogP contribution in [-0.2, 0) is 13.2 Å². The van der Waals surface area contributed by atoms with Gasteiger partial charge in [0.2, 0.25) is 0 Å². The van der Waals surface area contributed by atoms with Crippen molar-refractivity contribution in [3.8, 4) is 5.75 Å². The van der Waals surface area contributed by atoms with Gasteiger partial charge in [-0.2, -0.15) is 5.10 Å². The third-order valence-corrected chi connectivity index (χ3v) is 5.42. The molecule has 0 saturated carbocycles. The second-order valence-corrected chi connectivity index (χ2v) is 8.34. The van der Waals surface area contributed by atoms with Crippen LogP contribution in [0.25, 0.3) is 0 Å². The molecule has 1 N–H and O–H groups in total. The average Bonchev–Trinajstić information content (AvgIpc) is 3.35. The standard InChI is InChI=1S/C23H18Cl3N3O3/c1-14-3-2-4-17(9-14)31-13-18-7-8-21(32-18)23(30)27-22-20(26)12-29(28-22)11-15-5-6-16(24)10-19(15)25/h2-10,12H,11,13H2,1H3,(H,27,28,30). The first-order valence-electron chi connectivity index (χ1n) is 9.64. The van der Waals surface area contributed by atoms with Gasteiger partial charge in [-0.25, -0.2) is 0 Å². The summed E-state index contributed by atoms with van der Waals surface area (Å²) in [5, 5.41) is 8.34. The molecule has 0 unspecified atom stereocenters. The Hall–Kier alpha value is -2.93. The summed E-state index contributed by atoms with van der Waals surface area (Å²) in [6.45, 7) is 2.56. The molecule has 32 heavy (non-hydrogen) atoms. The van der Waals surface area contributed by atoms with E-state index in [2.05, 4.69) is 10.4 Å². The molecule has 2 aromatic heterocycles. The van der Waals surface area contributed by atoms with E-state index in [0.29, 0.717) is 22.4 Å². The van der Waals surface area contributed by atoms with E-state index < -0.39 is 5.91 Å². The molecule has 4 aromatic rings. The Morgan fingerprint density at radius 2 is 1.94 bits per heavy atom. The average molecular weight is 491 g/mol. The van der Waals surface area contributed by atoms with E-state index in [1.165, 1.54) is 0 Å². The summed E-state index contributed by atoms with van der Waals surface area (Å²) in [6.07, 6.45) is 1.60. The Kier molecular flexibility index (Phi) is 6.74. The van der Waals surface area contributed by atoms with Crippen LogP contribution in [0, 0.1) is 6.92 Å². The van der Waals surface area contributed by atoms with Crippen LogP contribution >= 0.6 is 34.8 Å². The molecule has 164 valence electrons. The number of hydrogen-bond acceptors (Lipinski definition) is 4. The van der Waals surface area contributed by atoms with Gasteiger partial charge in [0.15, 0.2) is 11.6 Å². The van der Waals surface area contributed by atoms with Crippen LogP contribution < -0.4 is 10.1 Å². The van der Waals surface area contributed by atoms with Crippen molar-refractivity contribution < 1.29 is 13.9 Å². The fraction of sp³-hybridized carbons (Fsp3) is 0.130. The number of nitrogens with zero attached hydrogens (tertiary/aromatic N) is 2. The molecule has 0 aliphatic heterocycles. The molecule has 0 bridgehead atoms. The van der Waals surface area contributed by atoms with Crippen LogP contribution in [0.1, 0.15) is 27.4 Å². The number of anilines is 1. The molecule has 0 atom stereocenters. The molecular formula is C23H18Cl3N3O3. The van der Waals surface area contributed by atoms with Gasteiger partial charge in [0.1, 0.15) is 23.1 Å². The lowest BCUT2D eigenvalue weighted by Gasteiger charge is -2.05. The minimum Gasteiger partial charge on any atom is -0.486 e. The first-order chi connectivity index (χ1) is 15.4. The summed E-state index contributed by atoms with van der Waals surface area (Å²) < 4.78 is 12.9. The summed E-state index contributed by atoms with van der Waals surface area (Å²) in [5.74, 6) is 1.12. The fourth-order valence-electron chi connectivity index (χ4n) is 2.99. The minimum atomic E-state index is -0.469. The van der Waals surface area contributed by atoms with Gasteiger partial charge in [0.25, 0.3) is 5.91 Å². The Morgan fingerprint density at radius 1 is 1.09 bits per heavy atom. The first-order valence-corrected chi connectivity index (χ1v) is 10.8. The van der Waals surface area contributed by atoms with Crippen molar-refractivity contribution in [1.29, 1.82) is 0 Å². The second-order valence-electron chi connectivity index (χ2n) is 7.08. The number of halogens is 3. The lowest BCUT2D eigenvalue weighted by molar-refractivity contribution is 0.0992. The molecule has 1 amide bonds. The van der Waals surface area contributed by atoms with Crippen molar-refractivity contribution in [1.82, 2.24) is 9.78 Å². The maximum Gasteiger partial charge on any atom is 0.292 e. The number of amides is 1. The Balaban J connectivity index is 1.39. The number of ether oxygens (including phenoxy) is 1. The molecule has 0 aliphatic rings. The Labute approximate surface area is 199 Å². The van der Waals surface area contributed by atoms with E-state index in [-0.39, 0.29) is 23.2 Å². The van der Waals surface area contributed by atoms with Gasteiger partial charge >= 0.3 is 0 Å². The van der Waals surface area contributed by atoms with Crippen LogP contribution in [-0.4, -0.2) is 15.7 Å². The van der Waals surface area contributed by atoms with Crippen molar-refractivity contribution in [2.24, 2.45) is 0 Å². The van der Waals surface area contributed by atoms with E-state index in [9.17, 15) is 4.79 Å². The van der Waals surface area contributed by atoms with Crippen LogP contribution in [0.15, 0.2) is 65.2 Å². The van der Waals surface area contributed by atoms with Gasteiger partial charge in [0.05, 0.1) is 6.54 Å². The number of furan rings is 1. The number of hydrogen-bond donors (Lipinski definition) is 1. The molecule has 2 aromatic carbocycles. The molecule has 2 heterocycles. The van der Waals surface area contributed by atoms with Crippen LogP contribution in [0.2, 0.25) is 15.1 Å². The molecule has 6 nitrogen and oxygen atoms in total. The highest BCUT2D eigenvalue weighted by Gasteiger charge is 2.16. The molecule has 0 fully saturated rings. The van der Waals surface area contributed by atoms with Crippen LogP contribution in [0.3, 0.4) is 0 Å². The highest BCUT2D eigenvalue weighted by Crippen LogP contribution is 2.25. The number of benzene rings is 2. The Bertz CT molecular complexity index is 1270. The lowest BCUT2D eigenvalue weighted by atomic mass is 10.2. The molecular weight excluding hydrogens is 473 g/mol. The number of aromatic nitrogens is 2. The maximum absolute atomic E-state index is 12.6. The third-order valence-electron chi connectivity index (χ3n) is 4.55. The first kappa shape index (κ1) is 22.3.